The normalized spacial score (nSPS) is 20.7. The minimum atomic E-state index is -0.0391. The molecule has 0 radical (unpaired) electrons. The molecule has 5 nitrogen and oxygen atoms in total. The van der Waals surface area contributed by atoms with Crippen LogP contribution in [0, 0.1) is 11.3 Å². The maximum Gasteiger partial charge on any atom is 0.253 e. The summed E-state index contributed by atoms with van der Waals surface area (Å²) in [6.07, 6.45) is 5.36. The van der Waals surface area contributed by atoms with Crippen molar-refractivity contribution < 1.29 is 14.3 Å². The van der Waals surface area contributed by atoms with Crippen molar-refractivity contribution in [1.82, 2.24) is 0 Å². The molecule has 23 heavy (non-hydrogen) atoms. The van der Waals surface area contributed by atoms with Crippen LogP contribution in [-0.4, -0.2) is 37.9 Å². The Morgan fingerprint density at radius 3 is 2.87 bits per heavy atom. The quantitative estimate of drug-likeness (QED) is 0.810. The third-order valence-electron chi connectivity index (χ3n) is 4.52. The summed E-state index contributed by atoms with van der Waals surface area (Å²) in [6, 6.07) is 9.59. The summed E-state index contributed by atoms with van der Waals surface area (Å²) < 4.78 is 11.1. The minimum Gasteiger partial charge on any atom is -0.376 e. The Bertz CT molecular complexity index is 586. The maximum absolute atomic E-state index is 12.6. The van der Waals surface area contributed by atoms with E-state index >= 15 is 0 Å². The zero-order valence-electron chi connectivity index (χ0n) is 13.2. The monoisotopic (exact) mass is 314 g/mol. The topological polar surface area (TPSA) is 62.6 Å². The molecule has 1 aliphatic heterocycles. The number of nitrogens with zero attached hydrogens (tertiary/aromatic N) is 2. The predicted molar refractivity (Wildman–Crippen MR) is 86.1 cm³/mol. The van der Waals surface area contributed by atoms with Crippen LogP contribution in [0.2, 0.25) is 0 Å². The summed E-state index contributed by atoms with van der Waals surface area (Å²) in [5, 5.41) is 9.06. The Labute approximate surface area is 136 Å². The van der Waals surface area contributed by atoms with E-state index in [0.717, 1.165) is 44.4 Å². The molecule has 122 valence electrons. The summed E-state index contributed by atoms with van der Waals surface area (Å²) in [6.45, 7) is 1.33. The lowest BCUT2D eigenvalue weighted by Gasteiger charge is -2.37. The molecule has 2 fully saturated rings. The van der Waals surface area contributed by atoms with Gasteiger partial charge in [-0.1, -0.05) is 6.07 Å². The van der Waals surface area contributed by atoms with Crippen molar-refractivity contribution in [3.63, 3.8) is 0 Å². The highest BCUT2D eigenvalue weighted by atomic mass is 16.5. The molecule has 1 atom stereocenters. The molecule has 1 heterocycles. The van der Waals surface area contributed by atoms with E-state index in [-0.39, 0.29) is 24.7 Å². The van der Waals surface area contributed by atoms with Gasteiger partial charge in [0.2, 0.25) is 0 Å². The van der Waals surface area contributed by atoms with Crippen LogP contribution >= 0.6 is 0 Å². The van der Waals surface area contributed by atoms with Crippen LogP contribution in [0.4, 0.5) is 5.69 Å². The van der Waals surface area contributed by atoms with Crippen LogP contribution in [-0.2, 0) is 14.3 Å². The van der Waals surface area contributed by atoms with E-state index in [2.05, 4.69) is 6.07 Å². The number of nitriles is 1. The largest absolute Gasteiger partial charge is 0.376 e. The second kappa shape index (κ2) is 7.58. The number of benzene rings is 1. The van der Waals surface area contributed by atoms with Crippen LogP contribution in [0.15, 0.2) is 24.3 Å². The highest BCUT2D eigenvalue weighted by Gasteiger charge is 2.30. The lowest BCUT2D eigenvalue weighted by molar-refractivity contribution is -0.125. The van der Waals surface area contributed by atoms with Crippen LogP contribution in [0.25, 0.3) is 0 Å². The predicted octanol–water partition coefficient (Wildman–Crippen LogP) is 2.64. The third-order valence-corrected chi connectivity index (χ3v) is 4.52. The average Bonchev–Trinajstić information content (AvgIpc) is 3.04. The van der Waals surface area contributed by atoms with Crippen molar-refractivity contribution in [1.29, 1.82) is 5.26 Å². The molecule has 3 rings (SSSR count). The van der Waals surface area contributed by atoms with Gasteiger partial charge in [-0.05, 0) is 50.3 Å². The fourth-order valence-corrected chi connectivity index (χ4v) is 3.05. The zero-order chi connectivity index (χ0) is 16.1. The lowest BCUT2D eigenvalue weighted by atomic mass is 9.91. The van der Waals surface area contributed by atoms with E-state index in [1.54, 1.807) is 17.0 Å². The summed E-state index contributed by atoms with van der Waals surface area (Å²) in [5.41, 5.74) is 1.36. The van der Waals surface area contributed by atoms with Crippen molar-refractivity contribution in [2.45, 2.75) is 44.2 Å². The fraction of sp³-hybridized carbons (Fsp3) is 0.556. The van der Waals surface area contributed by atoms with Crippen LogP contribution in [0.5, 0.6) is 0 Å². The molecule has 1 aliphatic carbocycles. The molecule has 0 unspecified atom stereocenters. The molecule has 1 aromatic rings. The smallest absolute Gasteiger partial charge is 0.253 e. The van der Waals surface area contributed by atoms with Crippen LogP contribution in [0.1, 0.15) is 37.7 Å². The second-order valence-electron chi connectivity index (χ2n) is 6.16. The van der Waals surface area contributed by atoms with Gasteiger partial charge in [0.05, 0.1) is 24.3 Å². The van der Waals surface area contributed by atoms with Gasteiger partial charge in [0.15, 0.2) is 0 Å². The standard InChI is InChI=1S/C18H22N2O3/c19-11-14-4-1-7-16(10-14)20(15-5-2-6-15)18(21)13-22-12-17-8-3-9-23-17/h1,4,7,10,15,17H,2-3,5-6,8-9,12-13H2/t17-/m1/s1. The number of rotatable bonds is 6. The van der Waals surface area contributed by atoms with Gasteiger partial charge in [-0.2, -0.15) is 5.26 Å². The fourth-order valence-electron chi connectivity index (χ4n) is 3.05. The van der Waals surface area contributed by atoms with Gasteiger partial charge >= 0.3 is 0 Å². The summed E-state index contributed by atoms with van der Waals surface area (Å²) in [5.74, 6) is -0.0391. The molecule has 1 aromatic carbocycles. The Balaban J connectivity index is 1.63. The number of amides is 1. The van der Waals surface area contributed by atoms with Crippen LogP contribution in [0.3, 0.4) is 0 Å². The van der Waals surface area contributed by atoms with Crippen molar-refractivity contribution >= 4 is 11.6 Å². The van der Waals surface area contributed by atoms with E-state index in [9.17, 15) is 4.79 Å². The molecular formula is C18H22N2O3. The molecule has 5 heteroatoms. The first kappa shape index (κ1) is 16.0. The SMILES string of the molecule is N#Cc1cccc(N(C(=O)COC[C@H]2CCCO2)C2CCC2)c1. The average molecular weight is 314 g/mol. The third kappa shape index (κ3) is 3.90. The first-order valence-electron chi connectivity index (χ1n) is 8.29. The zero-order valence-corrected chi connectivity index (χ0v) is 13.2. The van der Waals surface area contributed by atoms with Gasteiger partial charge in [-0.3, -0.25) is 4.79 Å². The Kier molecular flexibility index (Phi) is 5.27. The van der Waals surface area contributed by atoms with Crippen molar-refractivity contribution in [3.8, 4) is 6.07 Å². The summed E-state index contributed by atoms with van der Waals surface area (Å²) in [4.78, 5) is 14.4. The van der Waals surface area contributed by atoms with E-state index in [0.29, 0.717) is 12.2 Å². The second-order valence-corrected chi connectivity index (χ2v) is 6.16. The first-order chi connectivity index (χ1) is 11.3. The van der Waals surface area contributed by atoms with Gasteiger partial charge in [-0.15, -0.1) is 0 Å². The van der Waals surface area contributed by atoms with Gasteiger partial charge in [0, 0.05) is 18.3 Å². The van der Waals surface area contributed by atoms with Crippen molar-refractivity contribution in [2.75, 3.05) is 24.7 Å². The number of anilines is 1. The maximum atomic E-state index is 12.6. The van der Waals surface area contributed by atoms with E-state index in [4.69, 9.17) is 14.7 Å². The first-order valence-corrected chi connectivity index (χ1v) is 8.29. The van der Waals surface area contributed by atoms with Crippen molar-refractivity contribution in [3.05, 3.63) is 29.8 Å². The van der Waals surface area contributed by atoms with E-state index < -0.39 is 0 Å². The Morgan fingerprint density at radius 2 is 2.22 bits per heavy atom. The number of hydrogen-bond donors (Lipinski definition) is 0. The summed E-state index contributed by atoms with van der Waals surface area (Å²) in [7, 11) is 0. The number of carbonyl (C=O) groups excluding carboxylic acids is 1. The molecule has 0 N–H and O–H groups in total. The van der Waals surface area contributed by atoms with Gasteiger partial charge in [-0.25, -0.2) is 0 Å². The van der Waals surface area contributed by atoms with Gasteiger partial charge < -0.3 is 14.4 Å². The highest BCUT2D eigenvalue weighted by molar-refractivity contribution is 5.95. The molecule has 1 amide bonds. The molecule has 1 saturated carbocycles. The molecule has 0 aromatic heterocycles. The Morgan fingerprint density at radius 1 is 1.35 bits per heavy atom. The molecule has 0 spiro atoms. The Hall–Kier alpha value is -1.90. The molecule has 0 bridgehead atoms. The minimum absolute atomic E-state index is 0.0391. The molecule has 2 aliphatic rings. The number of ether oxygens (including phenoxy) is 2. The number of carbonyl (C=O) groups is 1. The van der Waals surface area contributed by atoms with E-state index in [1.165, 1.54) is 0 Å². The van der Waals surface area contributed by atoms with Gasteiger partial charge in [0.1, 0.15) is 6.61 Å². The highest BCUT2D eigenvalue weighted by Crippen LogP contribution is 2.30. The number of hydrogen-bond acceptors (Lipinski definition) is 4. The lowest BCUT2D eigenvalue weighted by Crippen LogP contribution is -2.46. The summed E-state index contributed by atoms with van der Waals surface area (Å²) >= 11 is 0. The molecule has 1 saturated heterocycles. The molecular weight excluding hydrogens is 292 g/mol. The van der Waals surface area contributed by atoms with Crippen molar-refractivity contribution in [2.24, 2.45) is 0 Å². The van der Waals surface area contributed by atoms with Gasteiger partial charge in [0.25, 0.3) is 5.91 Å². The van der Waals surface area contributed by atoms with Crippen LogP contribution < -0.4 is 4.90 Å². The van der Waals surface area contributed by atoms with E-state index in [1.807, 2.05) is 12.1 Å².